The van der Waals surface area contributed by atoms with Gasteiger partial charge in [0.2, 0.25) is 5.88 Å². The van der Waals surface area contributed by atoms with Gasteiger partial charge in [0, 0.05) is 32.1 Å². The zero-order valence-electron chi connectivity index (χ0n) is 11.6. The smallest absolute Gasteiger partial charge is 0.240 e. The number of rotatable bonds is 2. The standard InChI is InChI=1S/C15H13ClN4O/c1-20(2)13-4-3-9(7-10(13)16)11-8-12-14(15(21)19-11)18-6-5-17-12/h3-8H,1-2H3,(H,19,21). The molecule has 0 amide bonds. The van der Waals surface area contributed by atoms with Crippen molar-refractivity contribution in [3.8, 4) is 17.1 Å². The number of aromatic nitrogens is 3. The molecule has 0 radical (unpaired) electrons. The quantitative estimate of drug-likeness (QED) is 0.788. The normalized spacial score (nSPS) is 10.8. The van der Waals surface area contributed by atoms with Gasteiger partial charge in [-0.05, 0) is 18.2 Å². The van der Waals surface area contributed by atoms with Crippen LogP contribution < -0.4 is 4.90 Å². The SMILES string of the molecule is CN(C)c1ccc(-c2cc3nccnc3c(O)n2)cc1Cl. The Morgan fingerprint density at radius 2 is 1.86 bits per heavy atom. The van der Waals surface area contributed by atoms with Crippen LogP contribution >= 0.6 is 11.6 Å². The highest BCUT2D eigenvalue weighted by atomic mass is 35.5. The van der Waals surface area contributed by atoms with Gasteiger partial charge in [-0.3, -0.25) is 4.98 Å². The zero-order valence-corrected chi connectivity index (χ0v) is 12.3. The van der Waals surface area contributed by atoms with E-state index in [2.05, 4.69) is 15.0 Å². The number of pyridine rings is 1. The molecule has 2 aromatic heterocycles. The maximum Gasteiger partial charge on any atom is 0.240 e. The lowest BCUT2D eigenvalue weighted by Gasteiger charge is -2.15. The molecule has 0 fully saturated rings. The molecule has 3 rings (SSSR count). The van der Waals surface area contributed by atoms with E-state index >= 15 is 0 Å². The van der Waals surface area contributed by atoms with Gasteiger partial charge in [0.25, 0.3) is 0 Å². The molecule has 0 atom stereocenters. The van der Waals surface area contributed by atoms with Gasteiger partial charge in [0.15, 0.2) is 5.52 Å². The predicted octanol–water partition coefficient (Wildman–Crippen LogP) is 3.12. The lowest BCUT2D eigenvalue weighted by Crippen LogP contribution is -2.08. The predicted molar refractivity (Wildman–Crippen MR) is 83.8 cm³/mol. The Labute approximate surface area is 126 Å². The van der Waals surface area contributed by atoms with Crippen LogP contribution in [0.5, 0.6) is 5.88 Å². The average molecular weight is 301 g/mol. The molecule has 6 heteroatoms. The molecule has 3 aromatic rings. The van der Waals surface area contributed by atoms with Gasteiger partial charge < -0.3 is 10.0 Å². The lowest BCUT2D eigenvalue weighted by molar-refractivity contribution is 0.459. The summed E-state index contributed by atoms with van der Waals surface area (Å²) in [5.74, 6) is -0.136. The fourth-order valence-electron chi connectivity index (χ4n) is 2.13. The highest BCUT2D eigenvalue weighted by molar-refractivity contribution is 6.33. The molecule has 0 aliphatic heterocycles. The van der Waals surface area contributed by atoms with E-state index in [0.717, 1.165) is 11.3 Å². The first-order valence-electron chi connectivity index (χ1n) is 6.34. The van der Waals surface area contributed by atoms with Gasteiger partial charge in [-0.1, -0.05) is 17.7 Å². The van der Waals surface area contributed by atoms with Crippen LogP contribution in [0.15, 0.2) is 36.7 Å². The molecule has 0 unspecified atom stereocenters. The van der Waals surface area contributed by atoms with E-state index in [9.17, 15) is 5.11 Å². The summed E-state index contributed by atoms with van der Waals surface area (Å²) in [6, 6.07) is 7.42. The van der Waals surface area contributed by atoms with Gasteiger partial charge >= 0.3 is 0 Å². The van der Waals surface area contributed by atoms with Crippen LogP contribution in [0.3, 0.4) is 0 Å². The molecule has 1 aromatic carbocycles. The maximum atomic E-state index is 9.97. The number of fused-ring (bicyclic) bond motifs is 1. The van der Waals surface area contributed by atoms with Crippen molar-refractivity contribution in [1.82, 2.24) is 15.0 Å². The third kappa shape index (κ3) is 2.48. The molecule has 1 N–H and O–H groups in total. The van der Waals surface area contributed by atoms with E-state index in [1.54, 1.807) is 12.3 Å². The minimum Gasteiger partial charge on any atom is -0.492 e. The second-order valence-corrected chi connectivity index (χ2v) is 5.22. The lowest BCUT2D eigenvalue weighted by atomic mass is 10.1. The van der Waals surface area contributed by atoms with Gasteiger partial charge in [-0.15, -0.1) is 0 Å². The Morgan fingerprint density at radius 3 is 2.57 bits per heavy atom. The molecule has 2 heterocycles. The Morgan fingerprint density at radius 1 is 1.10 bits per heavy atom. The topological polar surface area (TPSA) is 62.1 Å². The molecule has 21 heavy (non-hydrogen) atoms. The monoisotopic (exact) mass is 300 g/mol. The van der Waals surface area contributed by atoms with Crippen molar-refractivity contribution in [2.45, 2.75) is 0 Å². The minimum absolute atomic E-state index is 0.136. The fraction of sp³-hybridized carbons (Fsp3) is 0.133. The van der Waals surface area contributed by atoms with Gasteiger partial charge in [0.1, 0.15) is 0 Å². The van der Waals surface area contributed by atoms with Crippen LogP contribution in [0.2, 0.25) is 5.02 Å². The number of hydrogen-bond acceptors (Lipinski definition) is 5. The van der Waals surface area contributed by atoms with Gasteiger partial charge in [-0.25, -0.2) is 9.97 Å². The largest absolute Gasteiger partial charge is 0.492 e. The second kappa shape index (κ2) is 5.18. The Kier molecular flexibility index (Phi) is 3.35. The van der Waals surface area contributed by atoms with Crippen LogP contribution in [0.25, 0.3) is 22.3 Å². The maximum absolute atomic E-state index is 9.97. The van der Waals surface area contributed by atoms with Crippen molar-refractivity contribution in [2.75, 3.05) is 19.0 Å². The number of aromatic hydroxyl groups is 1. The minimum atomic E-state index is -0.136. The number of hydrogen-bond donors (Lipinski definition) is 1. The van der Waals surface area contributed by atoms with Crippen molar-refractivity contribution in [1.29, 1.82) is 0 Å². The molecule has 0 saturated heterocycles. The Hall–Kier alpha value is -2.40. The third-order valence-electron chi connectivity index (χ3n) is 3.16. The van der Waals surface area contributed by atoms with Crippen LogP contribution in [0.4, 0.5) is 5.69 Å². The van der Waals surface area contributed by atoms with Crippen molar-refractivity contribution < 1.29 is 5.11 Å². The first-order valence-corrected chi connectivity index (χ1v) is 6.72. The highest BCUT2D eigenvalue weighted by Gasteiger charge is 2.10. The summed E-state index contributed by atoms with van der Waals surface area (Å²) >= 11 is 6.27. The van der Waals surface area contributed by atoms with E-state index in [1.807, 2.05) is 37.2 Å². The number of benzene rings is 1. The first-order chi connectivity index (χ1) is 10.1. The molecule has 0 spiro atoms. The van der Waals surface area contributed by atoms with Crippen LogP contribution in [-0.4, -0.2) is 34.2 Å². The summed E-state index contributed by atoms with van der Waals surface area (Å²) in [7, 11) is 3.85. The van der Waals surface area contributed by atoms with Crippen molar-refractivity contribution in [3.05, 3.63) is 41.7 Å². The molecule has 106 valence electrons. The van der Waals surface area contributed by atoms with E-state index in [4.69, 9.17) is 11.6 Å². The summed E-state index contributed by atoms with van der Waals surface area (Å²) in [6.45, 7) is 0. The van der Waals surface area contributed by atoms with Crippen molar-refractivity contribution in [3.63, 3.8) is 0 Å². The van der Waals surface area contributed by atoms with E-state index < -0.39 is 0 Å². The fourth-order valence-corrected chi connectivity index (χ4v) is 2.48. The van der Waals surface area contributed by atoms with Crippen molar-refractivity contribution in [2.24, 2.45) is 0 Å². The third-order valence-corrected chi connectivity index (χ3v) is 3.47. The molecule has 0 saturated carbocycles. The summed E-state index contributed by atoms with van der Waals surface area (Å²) in [5, 5.41) is 10.6. The molecule has 0 aliphatic carbocycles. The summed E-state index contributed by atoms with van der Waals surface area (Å²) < 4.78 is 0. The Bertz CT molecular complexity index is 820. The van der Waals surface area contributed by atoms with E-state index in [1.165, 1.54) is 6.20 Å². The zero-order chi connectivity index (χ0) is 15.0. The average Bonchev–Trinajstić information content (AvgIpc) is 2.46. The van der Waals surface area contributed by atoms with E-state index in [0.29, 0.717) is 21.7 Å². The number of halogens is 1. The molecule has 5 nitrogen and oxygen atoms in total. The van der Waals surface area contributed by atoms with Crippen LogP contribution in [0, 0.1) is 0 Å². The van der Waals surface area contributed by atoms with Gasteiger partial charge in [-0.2, -0.15) is 0 Å². The summed E-state index contributed by atoms with van der Waals surface area (Å²) in [4.78, 5) is 14.4. The van der Waals surface area contributed by atoms with E-state index in [-0.39, 0.29) is 5.88 Å². The molecule has 0 bridgehead atoms. The Balaban J connectivity index is 2.14. The molecular weight excluding hydrogens is 288 g/mol. The number of nitrogens with zero attached hydrogens (tertiary/aromatic N) is 4. The summed E-state index contributed by atoms with van der Waals surface area (Å²) in [6.07, 6.45) is 3.10. The van der Waals surface area contributed by atoms with Crippen molar-refractivity contribution >= 4 is 28.3 Å². The number of anilines is 1. The van der Waals surface area contributed by atoms with Crippen LogP contribution in [-0.2, 0) is 0 Å². The summed E-state index contributed by atoms with van der Waals surface area (Å²) in [5.41, 5.74) is 3.32. The molecular formula is C15H13ClN4O. The first kappa shape index (κ1) is 13.6. The second-order valence-electron chi connectivity index (χ2n) is 4.82. The van der Waals surface area contributed by atoms with Gasteiger partial charge in [0.05, 0.1) is 21.9 Å². The highest BCUT2D eigenvalue weighted by Crippen LogP contribution is 2.31. The van der Waals surface area contributed by atoms with Crippen LogP contribution in [0.1, 0.15) is 0 Å². The molecule has 0 aliphatic rings.